The van der Waals surface area contributed by atoms with Crippen LogP contribution < -0.4 is 0 Å². The quantitative estimate of drug-likeness (QED) is 0.517. The Labute approximate surface area is 88.7 Å². The van der Waals surface area contributed by atoms with E-state index in [4.69, 9.17) is 4.74 Å². The first-order chi connectivity index (χ1) is 6.86. The molecule has 2 nitrogen and oxygen atoms in total. The normalized spacial score (nSPS) is 11.6. The number of nitrogens with zero attached hydrogens (tertiary/aromatic N) is 1. The zero-order chi connectivity index (χ0) is 10.2. The third-order valence-corrected chi connectivity index (χ3v) is 3.18. The minimum Gasteiger partial charge on any atom is -0.369 e. The number of hydrogen-bond donors (Lipinski definition) is 0. The summed E-state index contributed by atoms with van der Waals surface area (Å²) >= 11 is 0. The predicted molar refractivity (Wildman–Crippen MR) is 63.1 cm³/mol. The average molecular weight is 209 g/mol. The number of benzene rings is 1. The van der Waals surface area contributed by atoms with Crippen LogP contribution in [0.5, 0.6) is 0 Å². The first-order valence-corrected chi connectivity index (χ1v) is 7.53. The Kier molecular flexibility index (Phi) is 5.52. The molecule has 0 spiro atoms. The molecule has 0 saturated carbocycles. The van der Waals surface area contributed by atoms with Gasteiger partial charge in [-0.15, -0.1) is 0 Å². The predicted octanol–water partition coefficient (Wildman–Crippen LogP) is 1.27. The van der Waals surface area contributed by atoms with E-state index in [1.165, 1.54) is 11.7 Å². The van der Waals surface area contributed by atoms with Crippen molar-refractivity contribution in [3.8, 4) is 0 Å². The first-order valence-electron chi connectivity index (χ1n) is 5.12. The maximum atomic E-state index is 5.18. The highest BCUT2D eigenvalue weighted by atomic mass is 28.2. The van der Waals surface area contributed by atoms with Gasteiger partial charge in [-0.1, -0.05) is 36.9 Å². The fourth-order valence-electron chi connectivity index (χ4n) is 1.53. The third kappa shape index (κ3) is 4.04. The van der Waals surface area contributed by atoms with Crippen LogP contribution in [0, 0.1) is 0 Å². The SMILES string of the molecule is COCN(C[SiH2]C)Cc1ccccc1. The Morgan fingerprint density at radius 1 is 1.29 bits per heavy atom. The second-order valence-corrected chi connectivity index (χ2v) is 4.90. The van der Waals surface area contributed by atoms with Crippen LogP contribution in [0.15, 0.2) is 30.3 Å². The highest BCUT2D eigenvalue weighted by Gasteiger charge is 2.03. The zero-order valence-electron chi connectivity index (χ0n) is 9.07. The lowest BCUT2D eigenvalue weighted by atomic mass is 10.2. The van der Waals surface area contributed by atoms with Gasteiger partial charge in [0.15, 0.2) is 0 Å². The van der Waals surface area contributed by atoms with Gasteiger partial charge in [0.25, 0.3) is 0 Å². The molecule has 0 amide bonds. The van der Waals surface area contributed by atoms with Gasteiger partial charge < -0.3 is 4.74 Å². The maximum absolute atomic E-state index is 5.18. The number of hydrogen-bond acceptors (Lipinski definition) is 2. The molecule has 0 atom stereocenters. The smallest absolute Gasteiger partial charge is 0.0986 e. The molecule has 1 rings (SSSR count). The van der Waals surface area contributed by atoms with Gasteiger partial charge in [-0.3, -0.25) is 4.90 Å². The molecule has 0 aliphatic carbocycles. The van der Waals surface area contributed by atoms with E-state index in [0.717, 1.165) is 13.3 Å². The number of rotatable bonds is 6. The van der Waals surface area contributed by atoms with Crippen LogP contribution in [0.4, 0.5) is 0 Å². The zero-order valence-corrected chi connectivity index (χ0v) is 10.5. The Bertz CT molecular complexity index is 234. The molecule has 14 heavy (non-hydrogen) atoms. The van der Waals surface area contributed by atoms with Gasteiger partial charge in [0.1, 0.15) is 0 Å². The Morgan fingerprint density at radius 3 is 2.57 bits per heavy atom. The van der Waals surface area contributed by atoms with Gasteiger partial charge in [0.2, 0.25) is 0 Å². The van der Waals surface area contributed by atoms with Crippen molar-refractivity contribution in [1.29, 1.82) is 0 Å². The average Bonchev–Trinajstić information content (AvgIpc) is 2.20. The first kappa shape index (κ1) is 11.4. The number of methoxy groups -OCH3 is 1. The van der Waals surface area contributed by atoms with E-state index in [9.17, 15) is 0 Å². The molecular weight excluding hydrogens is 190 g/mol. The molecule has 1 aromatic carbocycles. The lowest BCUT2D eigenvalue weighted by Gasteiger charge is -2.20. The van der Waals surface area contributed by atoms with Crippen LogP contribution in [0.25, 0.3) is 0 Å². The van der Waals surface area contributed by atoms with E-state index in [0.29, 0.717) is 0 Å². The van der Waals surface area contributed by atoms with Crippen molar-refractivity contribution in [1.82, 2.24) is 4.90 Å². The summed E-state index contributed by atoms with van der Waals surface area (Å²) < 4.78 is 5.18. The van der Waals surface area contributed by atoms with Crippen LogP contribution >= 0.6 is 0 Å². The van der Waals surface area contributed by atoms with Crippen LogP contribution in [0.2, 0.25) is 6.55 Å². The Morgan fingerprint density at radius 2 is 2.00 bits per heavy atom. The lowest BCUT2D eigenvalue weighted by Crippen LogP contribution is -2.28. The third-order valence-electron chi connectivity index (χ3n) is 2.10. The number of ether oxygens (including phenoxy) is 1. The van der Waals surface area contributed by atoms with Crippen molar-refractivity contribution in [2.24, 2.45) is 0 Å². The molecule has 1 aromatic rings. The molecule has 0 saturated heterocycles. The summed E-state index contributed by atoms with van der Waals surface area (Å²) in [6, 6.07) is 10.6. The summed E-state index contributed by atoms with van der Waals surface area (Å²) in [7, 11) is 1.84. The summed E-state index contributed by atoms with van der Waals surface area (Å²) in [6.45, 7) is 4.08. The van der Waals surface area contributed by atoms with Crippen LogP contribution in [0.3, 0.4) is 0 Å². The van der Waals surface area contributed by atoms with Gasteiger partial charge >= 0.3 is 0 Å². The molecule has 0 radical (unpaired) electrons. The van der Waals surface area contributed by atoms with E-state index >= 15 is 0 Å². The minimum atomic E-state index is 0.0763. The maximum Gasteiger partial charge on any atom is 0.0986 e. The molecule has 0 aliphatic rings. The Hall–Kier alpha value is -0.643. The molecule has 78 valence electrons. The summed E-state index contributed by atoms with van der Waals surface area (Å²) in [5, 5.41) is 0. The van der Waals surface area contributed by atoms with E-state index in [2.05, 4.69) is 41.8 Å². The van der Waals surface area contributed by atoms with Crippen molar-refractivity contribution in [3.05, 3.63) is 35.9 Å². The van der Waals surface area contributed by atoms with Crippen molar-refractivity contribution in [2.75, 3.05) is 20.0 Å². The molecule has 0 fully saturated rings. The van der Waals surface area contributed by atoms with Gasteiger partial charge in [0, 0.05) is 23.2 Å². The summed E-state index contributed by atoms with van der Waals surface area (Å²) in [5.74, 6) is 0. The fourth-order valence-corrected chi connectivity index (χ4v) is 2.45. The van der Waals surface area contributed by atoms with E-state index < -0.39 is 0 Å². The van der Waals surface area contributed by atoms with Gasteiger partial charge in [-0.05, 0) is 11.7 Å². The Balaban J connectivity index is 2.46. The topological polar surface area (TPSA) is 12.5 Å². The van der Waals surface area contributed by atoms with Crippen LogP contribution in [-0.2, 0) is 11.3 Å². The summed E-state index contributed by atoms with van der Waals surface area (Å²) in [4.78, 5) is 2.36. The van der Waals surface area contributed by atoms with Crippen molar-refractivity contribution < 1.29 is 4.74 Å². The monoisotopic (exact) mass is 209 g/mol. The molecule has 0 N–H and O–H groups in total. The highest BCUT2D eigenvalue weighted by molar-refractivity contribution is 6.33. The van der Waals surface area contributed by atoms with Crippen molar-refractivity contribution >= 4 is 9.52 Å². The standard InChI is InChI=1S/C11H19NOSi/c1-13-9-12(10-14-2)8-11-6-4-3-5-7-11/h3-7H,8-10,14H2,1-2H3. The summed E-state index contributed by atoms with van der Waals surface area (Å²) in [6.07, 6.45) is 1.22. The van der Waals surface area contributed by atoms with Crippen molar-refractivity contribution in [2.45, 2.75) is 13.1 Å². The van der Waals surface area contributed by atoms with Gasteiger partial charge in [-0.2, -0.15) is 0 Å². The van der Waals surface area contributed by atoms with Crippen LogP contribution in [0.1, 0.15) is 5.56 Å². The molecule has 0 aromatic heterocycles. The van der Waals surface area contributed by atoms with E-state index in [1.54, 1.807) is 7.11 Å². The molecule has 0 heterocycles. The van der Waals surface area contributed by atoms with Crippen LogP contribution in [-0.4, -0.2) is 34.4 Å². The van der Waals surface area contributed by atoms with Gasteiger partial charge in [0.05, 0.1) is 6.73 Å². The molecule has 0 aliphatic heterocycles. The second-order valence-electron chi connectivity index (χ2n) is 3.46. The van der Waals surface area contributed by atoms with Crippen molar-refractivity contribution in [3.63, 3.8) is 0 Å². The van der Waals surface area contributed by atoms with E-state index in [1.807, 2.05) is 0 Å². The minimum absolute atomic E-state index is 0.0763. The fraction of sp³-hybridized carbons (Fsp3) is 0.455. The molecule has 3 heteroatoms. The van der Waals surface area contributed by atoms with E-state index in [-0.39, 0.29) is 9.52 Å². The molecule has 0 unspecified atom stereocenters. The van der Waals surface area contributed by atoms with Gasteiger partial charge in [-0.25, -0.2) is 0 Å². The largest absolute Gasteiger partial charge is 0.369 e. The molecule has 0 bridgehead atoms. The molecular formula is C11H19NOSi. The lowest BCUT2D eigenvalue weighted by molar-refractivity contribution is 0.0708. The summed E-state index contributed by atoms with van der Waals surface area (Å²) in [5.41, 5.74) is 1.37. The highest BCUT2D eigenvalue weighted by Crippen LogP contribution is 2.03. The second kappa shape index (κ2) is 6.76.